The molecule has 0 aliphatic rings. The Morgan fingerprint density at radius 3 is 2.62 bits per heavy atom. The molecule has 16 heavy (non-hydrogen) atoms. The van der Waals surface area contributed by atoms with Crippen LogP contribution in [0.15, 0.2) is 22.7 Å². The van der Waals surface area contributed by atoms with Crippen molar-refractivity contribution in [2.45, 2.75) is 12.8 Å². The molecule has 0 atom stereocenters. The van der Waals surface area contributed by atoms with Gasteiger partial charge in [-0.05, 0) is 18.2 Å². The summed E-state index contributed by atoms with van der Waals surface area (Å²) in [6, 6.07) is 5.01. The smallest absolute Gasteiger partial charge is 0.303 e. The first-order chi connectivity index (χ1) is 7.54. The number of rotatable bonds is 5. The molecule has 0 saturated heterocycles. The van der Waals surface area contributed by atoms with E-state index in [2.05, 4.69) is 15.9 Å². The van der Waals surface area contributed by atoms with Crippen molar-refractivity contribution in [2.75, 3.05) is 7.11 Å². The average Bonchev–Trinajstić information content (AvgIpc) is 2.25. The summed E-state index contributed by atoms with van der Waals surface area (Å²) in [4.78, 5) is 22.0. The van der Waals surface area contributed by atoms with Crippen LogP contribution in [0.5, 0.6) is 5.75 Å². The summed E-state index contributed by atoms with van der Waals surface area (Å²) in [6.45, 7) is 0. The SMILES string of the molecule is COc1cc(Br)ccc1C(=O)CCC(=O)O. The highest BCUT2D eigenvalue weighted by atomic mass is 79.9. The second kappa shape index (κ2) is 5.65. The number of hydrogen-bond acceptors (Lipinski definition) is 3. The molecule has 86 valence electrons. The van der Waals surface area contributed by atoms with Crippen LogP contribution in [-0.4, -0.2) is 24.0 Å². The molecular weight excluding hydrogens is 276 g/mol. The van der Waals surface area contributed by atoms with E-state index in [0.717, 1.165) is 4.47 Å². The number of ketones is 1. The molecule has 5 heteroatoms. The van der Waals surface area contributed by atoms with E-state index in [1.165, 1.54) is 7.11 Å². The van der Waals surface area contributed by atoms with Gasteiger partial charge in [-0.15, -0.1) is 0 Å². The number of carboxylic acid groups (broad SMARTS) is 1. The first-order valence-corrected chi connectivity index (χ1v) is 5.42. The maximum Gasteiger partial charge on any atom is 0.303 e. The Hall–Kier alpha value is -1.36. The number of aliphatic carboxylic acids is 1. The van der Waals surface area contributed by atoms with Gasteiger partial charge in [0, 0.05) is 10.9 Å². The molecule has 0 aromatic heterocycles. The normalized spacial score (nSPS) is 9.88. The summed E-state index contributed by atoms with van der Waals surface area (Å²) >= 11 is 3.26. The molecule has 1 N–H and O–H groups in total. The molecule has 4 nitrogen and oxygen atoms in total. The molecule has 0 aliphatic heterocycles. The molecule has 0 fully saturated rings. The highest BCUT2D eigenvalue weighted by molar-refractivity contribution is 9.10. The third kappa shape index (κ3) is 3.34. The summed E-state index contributed by atoms with van der Waals surface area (Å²) < 4.78 is 5.86. The van der Waals surface area contributed by atoms with Gasteiger partial charge in [0.2, 0.25) is 0 Å². The van der Waals surface area contributed by atoms with Gasteiger partial charge in [0.15, 0.2) is 5.78 Å². The summed E-state index contributed by atoms with van der Waals surface area (Å²) in [5, 5.41) is 8.49. The zero-order valence-corrected chi connectivity index (χ0v) is 10.3. The van der Waals surface area contributed by atoms with Crippen LogP contribution in [-0.2, 0) is 4.79 Å². The lowest BCUT2D eigenvalue weighted by Gasteiger charge is -2.07. The molecule has 1 aromatic rings. The third-order valence-corrected chi connectivity index (χ3v) is 2.52. The van der Waals surface area contributed by atoms with Crippen molar-refractivity contribution in [2.24, 2.45) is 0 Å². The van der Waals surface area contributed by atoms with Gasteiger partial charge in [-0.1, -0.05) is 15.9 Å². The number of ether oxygens (including phenoxy) is 1. The minimum absolute atomic E-state index is 0.0205. The predicted octanol–water partition coefficient (Wildman–Crippen LogP) is 2.51. The number of carbonyl (C=O) groups is 2. The highest BCUT2D eigenvalue weighted by Crippen LogP contribution is 2.24. The highest BCUT2D eigenvalue weighted by Gasteiger charge is 2.13. The number of Topliss-reactive ketones (excluding diaryl/α,β-unsaturated/α-hetero) is 1. The summed E-state index contributed by atoms with van der Waals surface area (Å²) in [5.74, 6) is -0.763. The van der Waals surface area contributed by atoms with Crippen molar-refractivity contribution in [1.29, 1.82) is 0 Å². The van der Waals surface area contributed by atoms with E-state index in [4.69, 9.17) is 9.84 Å². The number of hydrogen-bond donors (Lipinski definition) is 1. The number of halogens is 1. The molecule has 0 spiro atoms. The zero-order valence-electron chi connectivity index (χ0n) is 8.70. The summed E-state index contributed by atoms with van der Waals surface area (Å²) in [7, 11) is 1.47. The second-order valence-corrected chi connectivity index (χ2v) is 4.08. The van der Waals surface area contributed by atoms with Crippen molar-refractivity contribution in [3.8, 4) is 5.75 Å². The molecule has 0 saturated carbocycles. The van der Waals surface area contributed by atoms with Crippen molar-refractivity contribution in [3.63, 3.8) is 0 Å². The van der Waals surface area contributed by atoms with Gasteiger partial charge in [0.05, 0.1) is 19.1 Å². The van der Waals surface area contributed by atoms with E-state index in [1.54, 1.807) is 18.2 Å². The quantitative estimate of drug-likeness (QED) is 0.845. The summed E-state index contributed by atoms with van der Waals surface area (Å²) in [6.07, 6.45) is -0.189. The molecule has 0 aliphatic carbocycles. The Labute approximate surface area is 101 Å². The standard InChI is InChI=1S/C11H11BrO4/c1-16-10-6-7(12)2-3-8(10)9(13)4-5-11(14)15/h2-3,6H,4-5H2,1H3,(H,14,15). The first-order valence-electron chi connectivity index (χ1n) is 4.63. The van der Waals surface area contributed by atoms with Crippen LogP contribution in [0.3, 0.4) is 0 Å². The molecule has 1 rings (SSSR count). The second-order valence-electron chi connectivity index (χ2n) is 3.16. The molecule has 0 radical (unpaired) electrons. The van der Waals surface area contributed by atoms with Crippen LogP contribution in [0.2, 0.25) is 0 Å². The minimum atomic E-state index is -0.982. The minimum Gasteiger partial charge on any atom is -0.496 e. The number of carboxylic acids is 1. The van der Waals surface area contributed by atoms with E-state index < -0.39 is 5.97 Å². The maximum absolute atomic E-state index is 11.7. The van der Waals surface area contributed by atoms with E-state index in [-0.39, 0.29) is 18.6 Å². The zero-order chi connectivity index (χ0) is 12.1. The fourth-order valence-electron chi connectivity index (χ4n) is 1.25. The third-order valence-electron chi connectivity index (χ3n) is 2.03. The fourth-order valence-corrected chi connectivity index (χ4v) is 1.59. The van der Waals surface area contributed by atoms with Crippen LogP contribution in [0.1, 0.15) is 23.2 Å². The number of carbonyl (C=O) groups excluding carboxylic acids is 1. The van der Waals surface area contributed by atoms with Crippen molar-refractivity contribution in [3.05, 3.63) is 28.2 Å². The number of benzene rings is 1. The van der Waals surface area contributed by atoms with Gasteiger partial charge < -0.3 is 9.84 Å². The lowest BCUT2D eigenvalue weighted by atomic mass is 10.1. The Morgan fingerprint density at radius 2 is 2.06 bits per heavy atom. The van der Waals surface area contributed by atoms with Gasteiger partial charge >= 0.3 is 5.97 Å². The van der Waals surface area contributed by atoms with Gasteiger partial charge in [-0.25, -0.2) is 0 Å². The lowest BCUT2D eigenvalue weighted by molar-refractivity contribution is -0.136. The van der Waals surface area contributed by atoms with Crippen molar-refractivity contribution >= 4 is 27.7 Å². The topological polar surface area (TPSA) is 63.6 Å². The average molecular weight is 287 g/mol. The van der Waals surface area contributed by atoms with Gasteiger partial charge in [0.25, 0.3) is 0 Å². The molecule has 1 aromatic carbocycles. The van der Waals surface area contributed by atoms with E-state index in [0.29, 0.717) is 11.3 Å². The molecule has 0 bridgehead atoms. The summed E-state index contributed by atoms with van der Waals surface area (Å²) in [5.41, 5.74) is 0.409. The Bertz CT molecular complexity index is 414. The lowest BCUT2D eigenvalue weighted by Crippen LogP contribution is -2.05. The van der Waals surface area contributed by atoms with Crippen molar-refractivity contribution in [1.82, 2.24) is 0 Å². The van der Waals surface area contributed by atoms with Crippen LogP contribution in [0.4, 0.5) is 0 Å². The van der Waals surface area contributed by atoms with Gasteiger partial charge in [-0.3, -0.25) is 9.59 Å². The molecule has 0 amide bonds. The largest absolute Gasteiger partial charge is 0.496 e. The van der Waals surface area contributed by atoms with E-state index in [1.807, 2.05) is 0 Å². The molecule has 0 heterocycles. The maximum atomic E-state index is 11.7. The number of methoxy groups -OCH3 is 1. The Balaban J connectivity index is 2.86. The fraction of sp³-hybridized carbons (Fsp3) is 0.273. The molecular formula is C11H11BrO4. The van der Waals surface area contributed by atoms with Crippen molar-refractivity contribution < 1.29 is 19.4 Å². The van der Waals surface area contributed by atoms with Crippen LogP contribution in [0.25, 0.3) is 0 Å². The van der Waals surface area contributed by atoms with Crippen LogP contribution < -0.4 is 4.74 Å². The first kappa shape index (κ1) is 12.7. The molecule has 0 unspecified atom stereocenters. The van der Waals surface area contributed by atoms with Crippen LogP contribution in [0, 0.1) is 0 Å². The van der Waals surface area contributed by atoms with Crippen LogP contribution >= 0.6 is 15.9 Å². The van der Waals surface area contributed by atoms with Gasteiger partial charge in [-0.2, -0.15) is 0 Å². The van der Waals surface area contributed by atoms with E-state index in [9.17, 15) is 9.59 Å². The monoisotopic (exact) mass is 286 g/mol. The Morgan fingerprint density at radius 1 is 1.38 bits per heavy atom. The predicted molar refractivity (Wildman–Crippen MR) is 61.9 cm³/mol. The van der Waals surface area contributed by atoms with Gasteiger partial charge in [0.1, 0.15) is 5.75 Å². The van der Waals surface area contributed by atoms with E-state index >= 15 is 0 Å². The Kier molecular flexibility index (Phi) is 4.49.